The second-order valence-corrected chi connectivity index (χ2v) is 7.08. The number of rotatable bonds is 5. The molecule has 112 valence electrons. The molecule has 0 heterocycles. The van der Waals surface area contributed by atoms with Crippen LogP contribution < -0.4 is 4.74 Å². The average Bonchev–Trinajstić information content (AvgIpc) is 2.45. The van der Waals surface area contributed by atoms with Crippen LogP contribution in [0.5, 0.6) is 11.5 Å². The first-order valence-corrected chi connectivity index (χ1v) is 8.09. The van der Waals surface area contributed by atoms with Gasteiger partial charge in [0, 0.05) is 10.6 Å². The van der Waals surface area contributed by atoms with Crippen LogP contribution in [0.2, 0.25) is 0 Å². The van der Waals surface area contributed by atoms with Gasteiger partial charge in [0.25, 0.3) is 0 Å². The second kappa shape index (κ2) is 6.90. The normalized spacial score (nSPS) is 11.4. The van der Waals surface area contributed by atoms with E-state index < -0.39 is 0 Å². The van der Waals surface area contributed by atoms with E-state index in [0.29, 0.717) is 12.4 Å². The van der Waals surface area contributed by atoms with Crippen LogP contribution in [0.25, 0.3) is 0 Å². The molecule has 3 heteroatoms. The quantitative estimate of drug-likeness (QED) is 0.631. The molecule has 0 aromatic heterocycles. The van der Waals surface area contributed by atoms with Crippen LogP contribution in [0, 0.1) is 0 Å². The van der Waals surface area contributed by atoms with Gasteiger partial charge in [-0.05, 0) is 35.2 Å². The number of ether oxygens (including phenoxy) is 1. The van der Waals surface area contributed by atoms with Crippen molar-refractivity contribution < 1.29 is 9.84 Å². The molecule has 0 amide bonds. The minimum atomic E-state index is 0.166. The number of benzene rings is 2. The SMILES string of the molecule is CC(C)(C)c1ccc(OCCSc2ccccc2O)cc1. The standard InChI is InChI=1S/C18H22O2S/c1-18(2,3)14-8-10-15(11-9-14)20-12-13-21-17-7-5-4-6-16(17)19/h4-11,19H,12-13H2,1-3H3. The maximum Gasteiger partial charge on any atom is 0.129 e. The first kappa shape index (κ1) is 15.8. The van der Waals surface area contributed by atoms with Crippen LogP contribution in [0.1, 0.15) is 26.3 Å². The van der Waals surface area contributed by atoms with E-state index in [9.17, 15) is 5.11 Å². The number of hydrogen-bond acceptors (Lipinski definition) is 3. The molecular formula is C18H22O2S. The van der Waals surface area contributed by atoms with Crippen molar-refractivity contribution in [3.8, 4) is 11.5 Å². The summed E-state index contributed by atoms with van der Waals surface area (Å²) in [6.07, 6.45) is 0. The smallest absolute Gasteiger partial charge is 0.129 e. The predicted molar refractivity (Wildman–Crippen MR) is 89.5 cm³/mol. The summed E-state index contributed by atoms with van der Waals surface area (Å²) < 4.78 is 5.73. The highest BCUT2D eigenvalue weighted by Gasteiger charge is 2.12. The molecule has 0 radical (unpaired) electrons. The Morgan fingerprint density at radius 2 is 1.67 bits per heavy atom. The van der Waals surface area contributed by atoms with E-state index in [2.05, 4.69) is 32.9 Å². The largest absolute Gasteiger partial charge is 0.507 e. The van der Waals surface area contributed by atoms with Gasteiger partial charge in [0.05, 0.1) is 6.61 Å². The third-order valence-corrected chi connectivity index (χ3v) is 4.22. The van der Waals surface area contributed by atoms with Crippen LogP contribution in [0.3, 0.4) is 0 Å². The molecule has 2 rings (SSSR count). The number of phenols is 1. The van der Waals surface area contributed by atoms with Crippen molar-refractivity contribution in [1.82, 2.24) is 0 Å². The van der Waals surface area contributed by atoms with E-state index in [0.717, 1.165) is 16.4 Å². The highest BCUT2D eigenvalue weighted by atomic mass is 32.2. The Hall–Kier alpha value is -1.61. The molecule has 2 aromatic carbocycles. The van der Waals surface area contributed by atoms with Gasteiger partial charge in [-0.1, -0.05) is 45.0 Å². The number of aromatic hydroxyl groups is 1. The summed E-state index contributed by atoms with van der Waals surface area (Å²) in [4.78, 5) is 0.893. The summed E-state index contributed by atoms with van der Waals surface area (Å²) in [6.45, 7) is 7.22. The monoisotopic (exact) mass is 302 g/mol. The van der Waals surface area contributed by atoms with Gasteiger partial charge in [0.1, 0.15) is 11.5 Å². The Balaban J connectivity index is 1.80. The molecule has 0 bridgehead atoms. The Kier molecular flexibility index (Phi) is 5.18. The molecule has 0 aliphatic rings. The Morgan fingerprint density at radius 3 is 2.29 bits per heavy atom. The summed E-state index contributed by atoms with van der Waals surface area (Å²) in [5.41, 5.74) is 1.47. The molecule has 0 saturated carbocycles. The van der Waals surface area contributed by atoms with Crippen LogP contribution >= 0.6 is 11.8 Å². The fraction of sp³-hybridized carbons (Fsp3) is 0.333. The van der Waals surface area contributed by atoms with Crippen LogP contribution in [0.15, 0.2) is 53.4 Å². The van der Waals surface area contributed by atoms with Crippen molar-refractivity contribution in [2.45, 2.75) is 31.1 Å². The third-order valence-electron chi connectivity index (χ3n) is 3.20. The number of para-hydroxylation sites is 1. The minimum Gasteiger partial charge on any atom is -0.507 e. The van der Waals surface area contributed by atoms with Gasteiger partial charge in [0.15, 0.2) is 0 Å². The molecule has 2 nitrogen and oxygen atoms in total. The predicted octanol–water partition coefficient (Wildman–Crippen LogP) is 4.86. The number of hydrogen-bond donors (Lipinski definition) is 1. The van der Waals surface area contributed by atoms with Crippen molar-refractivity contribution in [3.63, 3.8) is 0 Å². The van der Waals surface area contributed by atoms with Crippen LogP contribution in [0.4, 0.5) is 0 Å². The van der Waals surface area contributed by atoms with Gasteiger partial charge in [0.2, 0.25) is 0 Å². The van der Waals surface area contributed by atoms with E-state index in [4.69, 9.17) is 4.74 Å². The van der Waals surface area contributed by atoms with Gasteiger partial charge in [-0.2, -0.15) is 0 Å². The van der Waals surface area contributed by atoms with Crippen molar-refractivity contribution in [1.29, 1.82) is 0 Å². The number of thioether (sulfide) groups is 1. The fourth-order valence-corrected chi connectivity index (χ4v) is 2.72. The van der Waals surface area contributed by atoms with Crippen molar-refractivity contribution in [2.24, 2.45) is 0 Å². The molecule has 0 spiro atoms. The first-order valence-electron chi connectivity index (χ1n) is 7.11. The van der Waals surface area contributed by atoms with Crippen LogP contribution in [-0.2, 0) is 5.41 Å². The zero-order chi connectivity index (χ0) is 15.3. The van der Waals surface area contributed by atoms with E-state index in [1.807, 2.05) is 30.3 Å². The lowest BCUT2D eigenvalue weighted by atomic mass is 9.87. The molecule has 0 atom stereocenters. The van der Waals surface area contributed by atoms with Crippen LogP contribution in [-0.4, -0.2) is 17.5 Å². The summed E-state index contributed by atoms with van der Waals surface area (Å²) in [5.74, 6) is 2.02. The Labute approximate surface area is 131 Å². The van der Waals surface area contributed by atoms with Gasteiger partial charge in [-0.15, -0.1) is 11.8 Å². The van der Waals surface area contributed by atoms with E-state index in [-0.39, 0.29) is 5.41 Å². The zero-order valence-electron chi connectivity index (χ0n) is 12.8. The maximum atomic E-state index is 9.67. The van der Waals surface area contributed by atoms with Crippen molar-refractivity contribution >= 4 is 11.8 Å². The molecule has 0 saturated heterocycles. The third kappa shape index (κ3) is 4.71. The van der Waals surface area contributed by atoms with E-state index in [1.54, 1.807) is 17.8 Å². The summed E-state index contributed by atoms with van der Waals surface area (Å²) in [6, 6.07) is 15.6. The van der Waals surface area contributed by atoms with Gasteiger partial charge in [-0.25, -0.2) is 0 Å². The Morgan fingerprint density at radius 1 is 1.00 bits per heavy atom. The lowest BCUT2D eigenvalue weighted by molar-refractivity contribution is 0.343. The lowest BCUT2D eigenvalue weighted by Crippen LogP contribution is -2.10. The van der Waals surface area contributed by atoms with Gasteiger partial charge < -0.3 is 9.84 Å². The highest BCUT2D eigenvalue weighted by Crippen LogP contribution is 2.28. The second-order valence-electron chi connectivity index (χ2n) is 5.94. The number of phenolic OH excluding ortho intramolecular Hbond substituents is 1. The first-order chi connectivity index (χ1) is 9.97. The summed E-state index contributed by atoms with van der Waals surface area (Å²) >= 11 is 1.60. The molecule has 0 aliphatic carbocycles. The topological polar surface area (TPSA) is 29.5 Å². The highest BCUT2D eigenvalue weighted by molar-refractivity contribution is 7.99. The molecule has 0 aliphatic heterocycles. The van der Waals surface area contributed by atoms with Gasteiger partial charge >= 0.3 is 0 Å². The summed E-state index contributed by atoms with van der Waals surface area (Å²) in [7, 11) is 0. The molecule has 2 aromatic rings. The summed E-state index contributed by atoms with van der Waals surface area (Å²) in [5, 5.41) is 9.67. The van der Waals surface area contributed by atoms with E-state index in [1.165, 1.54) is 5.56 Å². The van der Waals surface area contributed by atoms with Crippen molar-refractivity contribution in [3.05, 3.63) is 54.1 Å². The molecule has 0 unspecified atom stereocenters. The van der Waals surface area contributed by atoms with Gasteiger partial charge in [-0.3, -0.25) is 0 Å². The molecule has 0 fully saturated rings. The fourth-order valence-electron chi connectivity index (χ4n) is 1.94. The Bertz CT molecular complexity index is 571. The van der Waals surface area contributed by atoms with E-state index >= 15 is 0 Å². The molecule has 21 heavy (non-hydrogen) atoms. The molecular weight excluding hydrogens is 280 g/mol. The van der Waals surface area contributed by atoms with Crippen molar-refractivity contribution in [2.75, 3.05) is 12.4 Å². The zero-order valence-corrected chi connectivity index (χ0v) is 13.6. The average molecular weight is 302 g/mol. The maximum absolute atomic E-state index is 9.67. The lowest BCUT2D eigenvalue weighted by Gasteiger charge is -2.19. The molecule has 1 N–H and O–H groups in total. The minimum absolute atomic E-state index is 0.166.